The van der Waals surface area contributed by atoms with Crippen LogP contribution in [-0.2, 0) is 11.2 Å². The molecule has 0 aromatic heterocycles. The van der Waals surface area contributed by atoms with E-state index in [1.807, 2.05) is 12.1 Å². The average molecular weight is 236 g/mol. The smallest absolute Gasteiger partial charge is 0.306 e. The lowest BCUT2D eigenvalue weighted by molar-refractivity contribution is -0.141. The lowest BCUT2D eigenvalue weighted by atomic mass is 9.95. The Bertz CT molecular complexity index is 396. The lowest BCUT2D eigenvalue weighted by Crippen LogP contribution is -2.12. The van der Waals surface area contributed by atoms with Crippen LogP contribution in [0.15, 0.2) is 18.2 Å². The van der Waals surface area contributed by atoms with E-state index in [1.54, 1.807) is 14.0 Å². The van der Waals surface area contributed by atoms with E-state index in [4.69, 9.17) is 9.84 Å². The van der Waals surface area contributed by atoms with Gasteiger partial charge >= 0.3 is 5.97 Å². The quantitative estimate of drug-likeness (QED) is 0.854. The number of ether oxygens (including phenoxy) is 1. The van der Waals surface area contributed by atoms with Crippen LogP contribution in [0, 0.1) is 5.92 Å². The minimum Gasteiger partial charge on any atom is -0.497 e. The van der Waals surface area contributed by atoms with Gasteiger partial charge in [0, 0.05) is 0 Å². The molecular formula is C14H20O3. The molecule has 94 valence electrons. The molecule has 0 spiro atoms. The van der Waals surface area contributed by atoms with Crippen LogP contribution in [0.1, 0.15) is 37.8 Å². The van der Waals surface area contributed by atoms with E-state index in [2.05, 4.69) is 19.9 Å². The van der Waals surface area contributed by atoms with E-state index in [0.717, 1.165) is 11.3 Å². The fourth-order valence-corrected chi connectivity index (χ4v) is 1.70. The van der Waals surface area contributed by atoms with Crippen molar-refractivity contribution in [3.63, 3.8) is 0 Å². The van der Waals surface area contributed by atoms with Gasteiger partial charge in [0.25, 0.3) is 0 Å². The molecule has 0 aliphatic heterocycles. The van der Waals surface area contributed by atoms with Crippen molar-refractivity contribution in [1.29, 1.82) is 0 Å². The number of carboxylic acid groups (broad SMARTS) is 1. The molecule has 1 aromatic carbocycles. The van der Waals surface area contributed by atoms with E-state index in [-0.39, 0.29) is 5.92 Å². The summed E-state index contributed by atoms with van der Waals surface area (Å²) in [5, 5.41) is 8.92. The Labute approximate surface area is 102 Å². The van der Waals surface area contributed by atoms with Gasteiger partial charge in [-0.3, -0.25) is 4.79 Å². The average Bonchev–Trinajstić information content (AvgIpc) is 2.28. The van der Waals surface area contributed by atoms with Crippen molar-refractivity contribution in [3.8, 4) is 5.75 Å². The lowest BCUT2D eigenvalue weighted by Gasteiger charge is -2.13. The maximum Gasteiger partial charge on any atom is 0.306 e. The molecule has 1 atom stereocenters. The fraction of sp³-hybridized carbons (Fsp3) is 0.500. The van der Waals surface area contributed by atoms with Crippen LogP contribution in [-0.4, -0.2) is 18.2 Å². The molecule has 0 aliphatic carbocycles. The minimum atomic E-state index is -0.765. The third kappa shape index (κ3) is 3.77. The zero-order chi connectivity index (χ0) is 13.0. The van der Waals surface area contributed by atoms with E-state index in [9.17, 15) is 4.79 Å². The number of hydrogen-bond acceptors (Lipinski definition) is 2. The predicted molar refractivity (Wildman–Crippen MR) is 67.6 cm³/mol. The van der Waals surface area contributed by atoms with E-state index < -0.39 is 5.97 Å². The predicted octanol–water partition coefficient (Wildman–Crippen LogP) is 3.08. The van der Waals surface area contributed by atoms with Gasteiger partial charge in [-0.15, -0.1) is 0 Å². The van der Waals surface area contributed by atoms with Crippen molar-refractivity contribution in [3.05, 3.63) is 29.3 Å². The summed E-state index contributed by atoms with van der Waals surface area (Å²) >= 11 is 0. The highest BCUT2D eigenvalue weighted by Crippen LogP contribution is 2.24. The second-order valence-corrected chi connectivity index (χ2v) is 4.71. The number of benzene rings is 1. The van der Waals surface area contributed by atoms with Crippen LogP contribution >= 0.6 is 0 Å². The molecule has 1 aromatic rings. The maximum absolute atomic E-state index is 10.8. The fourth-order valence-electron chi connectivity index (χ4n) is 1.70. The molecule has 0 amide bonds. The highest BCUT2D eigenvalue weighted by molar-refractivity contribution is 5.69. The van der Waals surface area contributed by atoms with Gasteiger partial charge in [-0.05, 0) is 35.6 Å². The Kier molecular flexibility index (Phi) is 4.55. The molecule has 0 heterocycles. The molecule has 0 saturated carbocycles. The Morgan fingerprint density at radius 2 is 1.94 bits per heavy atom. The first-order chi connectivity index (χ1) is 7.93. The Hall–Kier alpha value is -1.51. The molecule has 3 nitrogen and oxygen atoms in total. The molecular weight excluding hydrogens is 216 g/mol. The van der Waals surface area contributed by atoms with Crippen LogP contribution < -0.4 is 4.74 Å². The first kappa shape index (κ1) is 13.6. The molecule has 3 heteroatoms. The van der Waals surface area contributed by atoms with Crippen LogP contribution in [0.2, 0.25) is 0 Å². The summed E-state index contributed by atoms with van der Waals surface area (Å²) < 4.78 is 5.24. The first-order valence-corrected chi connectivity index (χ1v) is 5.84. The maximum atomic E-state index is 10.8. The summed E-state index contributed by atoms with van der Waals surface area (Å²) in [6.07, 6.45) is 0.534. The summed E-state index contributed by atoms with van der Waals surface area (Å²) in [5.74, 6) is 0.0637. The SMILES string of the molecule is COc1cc(CC(C)C(=O)O)cc(C(C)C)c1. The van der Waals surface area contributed by atoms with Crippen LogP contribution in [0.3, 0.4) is 0 Å². The summed E-state index contributed by atoms with van der Waals surface area (Å²) in [6, 6.07) is 5.97. The van der Waals surface area contributed by atoms with Crippen molar-refractivity contribution in [1.82, 2.24) is 0 Å². The monoisotopic (exact) mass is 236 g/mol. The summed E-state index contributed by atoms with van der Waals surface area (Å²) in [4.78, 5) is 10.8. The summed E-state index contributed by atoms with van der Waals surface area (Å²) in [6.45, 7) is 5.94. The van der Waals surface area contributed by atoms with Crippen molar-refractivity contribution < 1.29 is 14.6 Å². The van der Waals surface area contributed by atoms with Gasteiger partial charge in [0.1, 0.15) is 5.75 Å². The highest BCUT2D eigenvalue weighted by atomic mass is 16.5. The number of methoxy groups -OCH3 is 1. The van der Waals surface area contributed by atoms with Crippen molar-refractivity contribution in [2.24, 2.45) is 5.92 Å². The van der Waals surface area contributed by atoms with Gasteiger partial charge in [-0.2, -0.15) is 0 Å². The topological polar surface area (TPSA) is 46.5 Å². The number of carbonyl (C=O) groups is 1. The van der Waals surface area contributed by atoms with Crippen molar-refractivity contribution >= 4 is 5.97 Å². The van der Waals surface area contributed by atoms with Gasteiger partial charge in [-0.1, -0.05) is 26.8 Å². The van der Waals surface area contributed by atoms with E-state index >= 15 is 0 Å². The first-order valence-electron chi connectivity index (χ1n) is 5.84. The highest BCUT2D eigenvalue weighted by Gasteiger charge is 2.13. The van der Waals surface area contributed by atoms with Gasteiger partial charge in [0.05, 0.1) is 13.0 Å². The number of hydrogen-bond donors (Lipinski definition) is 1. The Balaban J connectivity index is 2.98. The second-order valence-electron chi connectivity index (χ2n) is 4.71. The zero-order valence-corrected chi connectivity index (χ0v) is 10.9. The third-order valence-corrected chi connectivity index (χ3v) is 2.85. The Morgan fingerprint density at radius 3 is 2.41 bits per heavy atom. The summed E-state index contributed by atoms with van der Waals surface area (Å²) in [7, 11) is 1.63. The standard InChI is InChI=1S/C14H20O3/c1-9(2)12-6-11(5-10(3)14(15)16)7-13(8-12)17-4/h6-10H,5H2,1-4H3,(H,15,16). The molecule has 0 saturated heterocycles. The third-order valence-electron chi connectivity index (χ3n) is 2.85. The van der Waals surface area contributed by atoms with E-state index in [1.165, 1.54) is 5.56 Å². The van der Waals surface area contributed by atoms with Gasteiger partial charge < -0.3 is 9.84 Å². The molecule has 0 fully saturated rings. The number of aliphatic carboxylic acids is 1. The molecule has 17 heavy (non-hydrogen) atoms. The van der Waals surface area contributed by atoms with Crippen molar-refractivity contribution in [2.75, 3.05) is 7.11 Å². The molecule has 1 rings (SSSR count). The van der Waals surface area contributed by atoms with Gasteiger partial charge in [-0.25, -0.2) is 0 Å². The largest absolute Gasteiger partial charge is 0.497 e. The zero-order valence-electron chi connectivity index (χ0n) is 10.9. The van der Waals surface area contributed by atoms with Crippen LogP contribution in [0.5, 0.6) is 5.75 Å². The van der Waals surface area contributed by atoms with Gasteiger partial charge in [0.2, 0.25) is 0 Å². The number of carboxylic acids is 1. The summed E-state index contributed by atoms with van der Waals surface area (Å²) in [5.41, 5.74) is 2.19. The molecule has 1 unspecified atom stereocenters. The minimum absolute atomic E-state index is 0.373. The second kappa shape index (κ2) is 5.71. The van der Waals surface area contributed by atoms with Gasteiger partial charge in [0.15, 0.2) is 0 Å². The van der Waals surface area contributed by atoms with Crippen LogP contribution in [0.25, 0.3) is 0 Å². The molecule has 0 bridgehead atoms. The molecule has 1 N–H and O–H groups in total. The molecule has 0 radical (unpaired) electrons. The van der Waals surface area contributed by atoms with E-state index in [0.29, 0.717) is 12.3 Å². The molecule has 0 aliphatic rings. The van der Waals surface area contributed by atoms with Crippen LogP contribution in [0.4, 0.5) is 0 Å². The number of rotatable bonds is 5. The van der Waals surface area contributed by atoms with Crippen molar-refractivity contribution in [2.45, 2.75) is 33.1 Å². The Morgan fingerprint density at radius 1 is 1.29 bits per heavy atom. The normalized spacial score (nSPS) is 12.5.